The average Bonchev–Trinajstić information content (AvgIpc) is 3.48. The van der Waals surface area contributed by atoms with Crippen molar-refractivity contribution in [2.45, 2.75) is 32.1 Å². The van der Waals surface area contributed by atoms with Crippen LogP contribution in [0.4, 0.5) is 0 Å². The molecule has 0 aliphatic carbocycles. The van der Waals surface area contributed by atoms with E-state index in [0.717, 1.165) is 36.1 Å². The number of carbonyl (C=O) groups excluding carboxylic acids is 2. The van der Waals surface area contributed by atoms with Crippen LogP contribution in [-0.2, 0) is 4.79 Å². The summed E-state index contributed by atoms with van der Waals surface area (Å²) in [7, 11) is 0. The van der Waals surface area contributed by atoms with E-state index in [9.17, 15) is 9.59 Å². The Balaban J connectivity index is 1.39. The molecule has 5 rings (SSSR count). The number of hydrogen-bond donors (Lipinski definition) is 2. The number of likely N-dealkylation sites (tertiary alicyclic amines) is 1. The number of aromatic nitrogens is 3. The van der Waals surface area contributed by atoms with E-state index in [2.05, 4.69) is 5.10 Å². The van der Waals surface area contributed by atoms with E-state index >= 15 is 0 Å². The molecule has 2 amide bonds. The van der Waals surface area contributed by atoms with Gasteiger partial charge in [-0.3, -0.25) is 14.7 Å². The third-order valence-corrected chi connectivity index (χ3v) is 6.57. The fourth-order valence-corrected chi connectivity index (χ4v) is 4.71. The smallest absolute Gasteiger partial charge is 0.269 e. The number of amides is 2. The van der Waals surface area contributed by atoms with Crippen LogP contribution in [-0.4, -0.2) is 44.4 Å². The number of imidazole rings is 1. The molecular weight excluding hydrogens is 454 g/mol. The summed E-state index contributed by atoms with van der Waals surface area (Å²) in [6.45, 7) is 3.39. The van der Waals surface area contributed by atoms with Crippen molar-refractivity contribution in [2.75, 3.05) is 13.1 Å². The molecule has 1 aliphatic heterocycles. The molecule has 0 saturated carbocycles. The molecule has 1 saturated heterocycles. The highest BCUT2D eigenvalue weighted by atomic mass is 16.5. The molecule has 0 atom stereocenters. The molecule has 184 valence electrons. The summed E-state index contributed by atoms with van der Waals surface area (Å²) in [6.07, 6.45) is 7.95. The summed E-state index contributed by atoms with van der Waals surface area (Å²) in [5.74, 6) is 1.17. The third kappa shape index (κ3) is 4.62. The van der Waals surface area contributed by atoms with E-state index in [1.165, 1.54) is 0 Å². The van der Waals surface area contributed by atoms with Crippen molar-refractivity contribution in [3.63, 3.8) is 0 Å². The zero-order valence-electron chi connectivity index (χ0n) is 20.2. The SMILES string of the molecule is CCC=CC(=O)N1CCC(c2c[nH]n3c(C(N)=O)c(-c4ccc(Oc5ccccc5)cc4)nc23)CC1. The van der Waals surface area contributed by atoms with Crippen molar-refractivity contribution in [2.24, 2.45) is 5.73 Å². The number of piperidine rings is 1. The number of ether oxygens (including phenoxy) is 1. The van der Waals surface area contributed by atoms with E-state index in [4.69, 9.17) is 15.5 Å². The number of H-pyrrole nitrogens is 1. The summed E-state index contributed by atoms with van der Waals surface area (Å²) in [5, 5.41) is 3.17. The van der Waals surface area contributed by atoms with Crippen LogP contribution >= 0.6 is 0 Å². The number of primary amides is 1. The summed E-state index contributed by atoms with van der Waals surface area (Å²) >= 11 is 0. The van der Waals surface area contributed by atoms with Gasteiger partial charge in [-0.15, -0.1) is 0 Å². The number of para-hydroxylation sites is 1. The Hall–Kier alpha value is -4.33. The number of hydrogen-bond acceptors (Lipinski definition) is 4. The highest BCUT2D eigenvalue weighted by Crippen LogP contribution is 2.34. The monoisotopic (exact) mass is 483 g/mol. The van der Waals surface area contributed by atoms with Crippen LogP contribution in [0.15, 0.2) is 72.9 Å². The third-order valence-electron chi connectivity index (χ3n) is 6.57. The number of nitrogens with two attached hydrogens (primary N) is 1. The maximum atomic E-state index is 12.4. The molecule has 4 aromatic rings. The van der Waals surface area contributed by atoms with Crippen LogP contribution in [0.25, 0.3) is 16.9 Å². The van der Waals surface area contributed by atoms with E-state index < -0.39 is 5.91 Å². The van der Waals surface area contributed by atoms with E-state index in [1.54, 1.807) is 10.6 Å². The zero-order valence-corrected chi connectivity index (χ0v) is 20.2. The minimum Gasteiger partial charge on any atom is -0.457 e. The van der Waals surface area contributed by atoms with Gasteiger partial charge >= 0.3 is 0 Å². The maximum Gasteiger partial charge on any atom is 0.269 e. The van der Waals surface area contributed by atoms with Gasteiger partial charge in [0.2, 0.25) is 5.91 Å². The molecule has 2 aromatic heterocycles. The predicted octanol–water partition coefficient (Wildman–Crippen LogP) is 4.89. The second kappa shape index (κ2) is 10.1. The molecule has 0 spiro atoms. The van der Waals surface area contributed by atoms with Gasteiger partial charge in [0.15, 0.2) is 11.3 Å². The number of fused-ring (bicyclic) bond motifs is 1. The lowest BCUT2D eigenvalue weighted by molar-refractivity contribution is -0.127. The number of carbonyl (C=O) groups is 2. The fraction of sp³-hybridized carbons (Fsp3) is 0.250. The van der Waals surface area contributed by atoms with Gasteiger partial charge in [-0.05, 0) is 67.7 Å². The van der Waals surface area contributed by atoms with Gasteiger partial charge in [-0.1, -0.05) is 31.2 Å². The lowest BCUT2D eigenvalue weighted by Gasteiger charge is -2.31. The van der Waals surface area contributed by atoms with Crippen LogP contribution in [0.2, 0.25) is 0 Å². The Morgan fingerprint density at radius 2 is 1.78 bits per heavy atom. The van der Waals surface area contributed by atoms with E-state index in [0.29, 0.717) is 35.9 Å². The molecule has 3 heterocycles. The predicted molar refractivity (Wildman–Crippen MR) is 138 cm³/mol. The van der Waals surface area contributed by atoms with Gasteiger partial charge in [0.05, 0.1) is 0 Å². The largest absolute Gasteiger partial charge is 0.457 e. The summed E-state index contributed by atoms with van der Waals surface area (Å²) in [4.78, 5) is 31.5. The molecule has 0 bridgehead atoms. The Labute approximate surface area is 209 Å². The molecule has 1 fully saturated rings. The Bertz CT molecular complexity index is 1390. The van der Waals surface area contributed by atoms with Gasteiger partial charge in [-0.25, -0.2) is 9.50 Å². The minimum absolute atomic E-state index is 0.0633. The van der Waals surface area contributed by atoms with Gasteiger partial charge in [0, 0.05) is 30.4 Å². The van der Waals surface area contributed by atoms with E-state index in [1.807, 2.05) is 78.7 Å². The molecule has 36 heavy (non-hydrogen) atoms. The summed E-state index contributed by atoms with van der Waals surface area (Å²) < 4.78 is 7.55. The summed E-state index contributed by atoms with van der Waals surface area (Å²) in [5.41, 5.74) is 9.11. The number of rotatable bonds is 7. The molecule has 0 unspecified atom stereocenters. The van der Waals surface area contributed by atoms with Crippen LogP contribution in [0.5, 0.6) is 11.5 Å². The number of nitrogens with one attached hydrogen (secondary N) is 1. The second-order valence-corrected chi connectivity index (χ2v) is 8.91. The quantitative estimate of drug-likeness (QED) is 0.365. The second-order valence-electron chi connectivity index (χ2n) is 8.91. The van der Waals surface area contributed by atoms with Crippen molar-refractivity contribution in [1.82, 2.24) is 19.5 Å². The van der Waals surface area contributed by atoms with Crippen LogP contribution < -0.4 is 10.5 Å². The summed E-state index contributed by atoms with van der Waals surface area (Å²) in [6, 6.07) is 17.0. The van der Waals surface area contributed by atoms with Crippen LogP contribution in [0.1, 0.15) is 48.2 Å². The van der Waals surface area contributed by atoms with Crippen molar-refractivity contribution in [3.05, 3.63) is 84.2 Å². The molecule has 1 aliphatic rings. The van der Waals surface area contributed by atoms with Gasteiger partial charge in [0.1, 0.15) is 17.2 Å². The van der Waals surface area contributed by atoms with Gasteiger partial charge in [0.25, 0.3) is 5.91 Å². The van der Waals surface area contributed by atoms with Gasteiger partial charge in [-0.2, -0.15) is 0 Å². The molecule has 2 aromatic carbocycles. The Morgan fingerprint density at radius 1 is 1.08 bits per heavy atom. The first-order chi connectivity index (χ1) is 17.5. The standard InChI is InChI=1S/C28H29N5O3/c1-2-3-9-24(34)32-16-14-19(15-17-32)23-18-30-33-26(27(29)35)25(31-28(23)33)20-10-12-22(13-11-20)36-21-7-5-4-6-8-21/h3-13,18-19,30H,2,14-17H2,1H3,(H2,29,35). The molecular formula is C28H29N5O3. The fourth-order valence-electron chi connectivity index (χ4n) is 4.71. The van der Waals surface area contributed by atoms with Crippen LogP contribution in [0, 0.1) is 0 Å². The van der Waals surface area contributed by atoms with Crippen LogP contribution in [0.3, 0.4) is 0 Å². The topological polar surface area (TPSA) is 106 Å². The normalized spacial score (nSPS) is 14.5. The number of nitrogens with zero attached hydrogens (tertiary/aromatic N) is 3. The highest BCUT2D eigenvalue weighted by molar-refractivity contribution is 5.98. The van der Waals surface area contributed by atoms with Crippen molar-refractivity contribution in [1.29, 1.82) is 0 Å². The molecule has 0 radical (unpaired) electrons. The first-order valence-electron chi connectivity index (χ1n) is 12.2. The average molecular weight is 484 g/mol. The van der Waals surface area contributed by atoms with E-state index in [-0.39, 0.29) is 11.8 Å². The van der Waals surface area contributed by atoms with Crippen molar-refractivity contribution >= 4 is 17.5 Å². The lowest BCUT2D eigenvalue weighted by atomic mass is 9.91. The number of allylic oxidation sites excluding steroid dienone is 1. The van der Waals surface area contributed by atoms with Crippen molar-refractivity contribution < 1.29 is 14.3 Å². The Morgan fingerprint density at radius 3 is 2.44 bits per heavy atom. The first kappa shape index (κ1) is 23.4. The molecule has 8 nitrogen and oxygen atoms in total. The zero-order chi connectivity index (χ0) is 25.1. The molecule has 3 N–H and O–H groups in total. The maximum absolute atomic E-state index is 12.4. The lowest BCUT2D eigenvalue weighted by Crippen LogP contribution is -2.36. The number of aromatic amines is 1. The number of benzene rings is 2. The molecule has 8 heteroatoms. The van der Waals surface area contributed by atoms with Gasteiger partial charge < -0.3 is 15.4 Å². The first-order valence-corrected chi connectivity index (χ1v) is 12.2. The highest BCUT2D eigenvalue weighted by Gasteiger charge is 2.28. The van der Waals surface area contributed by atoms with Crippen molar-refractivity contribution in [3.8, 4) is 22.8 Å². The minimum atomic E-state index is -0.557. The Kier molecular flexibility index (Phi) is 6.58.